The van der Waals surface area contributed by atoms with E-state index in [2.05, 4.69) is 15.1 Å². The highest BCUT2D eigenvalue weighted by atomic mass is 35.5. The second-order valence-electron chi connectivity index (χ2n) is 5.15. The molecule has 2 aromatic carbocycles. The molecule has 0 bridgehead atoms. The number of hydrogen-bond donors (Lipinski definition) is 0. The summed E-state index contributed by atoms with van der Waals surface area (Å²) in [5.74, 6) is 1.68. The number of oxazole rings is 1. The highest BCUT2D eigenvalue weighted by molar-refractivity contribution is 7.98. The standard InChI is InChI=1S/C17H12ClN3O2S/c18-12-5-3-4-11(8-12)9-15-20-16(23-21-15)10-24-17-19-13-6-1-2-7-14(13)22-17/h1-8H,9-10H2. The summed E-state index contributed by atoms with van der Waals surface area (Å²) in [7, 11) is 0. The van der Waals surface area contributed by atoms with E-state index in [0.29, 0.717) is 34.1 Å². The predicted molar refractivity (Wildman–Crippen MR) is 92.1 cm³/mol. The van der Waals surface area contributed by atoms with Crippen LogP contribution in [0.4, 0.5) is 0 Å². The zero-order valence-corrected chi connectivity index (χ0v) is 14.0. The van der Waals surface area contributed by atoms with Gasteiger partial charge in [-0.2, -0.15) is 4.98 Å². The molecule has 0 aliphatic rings. The topological polar surface area (TPSA) is 65.0 Å². The van der Waals surface area contributed by atoms with Crippen molar-refractivity contribution in [1.82, 2.24) is 15.1 Å². The van der Waals surface area contributed by atoms with Crippen LogP contribution in [0, 0.1) is 0 Å². The van der Waals surface area contributed by atoms with E-state index in [-0.39, 0.29) is 0 Å². The molecule has 0 atom stereocenters. The summed E-state index contributed by atoms with van der Waals surface area (Å²) >= 11 is 7.41. The fourth-order valence-electron chi connectivity index (χ4n) is 2.29. The van der Waals surface area contributed by atoms with E-state index in [9.17, 15) is 0 Å². The van der Waals surface area contributed by atoms with Crippen LogP contribution in [0.25, 0.3) is 11.1 Å². The van der Waals surface area contributed by atoms with Crippen molar-refractivity contribution in [2.45, 2.75) is 17.4 Å². The molecule has 0 amide bonds. The molecule has 120 valence electrons. The lowest BCUT2D eigenvalue weighted by molar-refractivity contribution is 0.385. The quantitative estimate of drug-likeness (QED) is 0.480. The van der Waals surface area contributed by atoms with Gasteiger partial charge in [-0.05, 0) is 29.8 Å². The van der Waals surface area contributed by atoms with Gasteiger partial charge < -0.3 is 8.94 Å². The monoisotopic (exact) mass is 357 g/mol. The van der Waals surface area contributed by atoms with Crippen LogP contribution in [0.5, 0.6) is 0 Å². The Bertz CT molecular complexity index is 950. The number of rotatable bonds is 5. The van der Waals surface area contributed by atoms with Crippen LogP contribution in [0.1, 0.15) is 17.3 Å². The van der Waals surface area contributed by atoms with Crippen LogP contribution >= 0.6 is 23.4 Å². The second-order valence-corrected chi connectivity index (χ2v) is 6.51. The van der Waals surface area contributed by atoms with Gasteiger partial charge in [-0.15, -0.1) is 0 Å². The van der Waals surface area contributed by atoms with Crippen molar-refractivity contribution >= 4 is 34.5 Å². The molecule has 24 heavy (non-hydrogen) atoms. The van der Waals surface area contributed by atoms with E-state index in [1.807, 2.05) is 48.5 Å². The summed E-state index contributed by atoms with van der Waals surface area (Å²) in [6.45, 7) is 0. The van der Waals surface area contributed by atoms with Gasteiger partial charge in [0.1, 0.15) is 5.52 Å². The van der Waals surface area contributed by atoms with E-state index < -0.39 is 0 Å². The summed E-state index contributed by atoms with van der Waals surface area (Å²) in [4.78, 5) is 8.80. The molecule has 0 aliphatic carbocycles. The largest absolute Gasteiger partial charge is 0.431 e. The fourth-order valence-corrected chi connectivity index (χ4v) is 3.18. The first-order chi connectivity index (χ1) is 11.8. The number of hydrogen-bond acceptors (Lipinski definition) is 6. The molecule has 0 fully saturated rings. The molecule has 0 radical (unpaired) electrons. The van der Waals surface area contributed by atoms with Gasteiger partial charge in [0, 0.05) is 11.4 Å². The van der Waals surface area contributed by atoms with Crippen LogP contribution < -0.4 is 0 Å². The number of halogens is 1. The van der Waals surface area contributed by atoms with Crippen molar-refractivity contribution in [3.05, 3.63) is 70.8 Å². The number of para-hydroxylation sites is 2. The minimum absolute atomic E-state index is 0.509. The molecule has 2 heterocycles. The minimum atomic E-state index is 0.509. The molecule has 0 unspecified atom stereocenters. The first kappa shape index (κ1) is 15.2. The van der Waals surface area contributed by atoms with Crippen molar-refractivity contribution in [3.8, 4) is 0 Å². The Morgan fingerprint density at radius 1 is 1.04 bits per heavy atom. The summed E-state index contributed by atoms with van der Waals surface area (Å²) in [6.07, 6.45) is 0.581. The zero-order chi connectivity index (χ0) is 16.4. The van der Waals surface area contributed by atoms with Gasteiger partial charge >= 0.3 is 0 Å². The Morgan fingerprint density at radius 2 is 1.96 bits per heavy atom. The van der Waals surface area contributed by atoms with Crippen molar-refractivity contribution in [2.75, 3.05) is 0 Å². The molecular formula is C17H12ClN3O2S. The minimum Gasteiger partial charge on any atom is -0.431 e. The number of fused-ring (bicyclic) bond motifs is 1. The molecule has 0 N–H and O–H groups in total. The maximum Gasteiger partial charge on any atom is 0.257 e. The third kappa shape index (κ3) is 3.44. The lowest BCUT2D eigenvalue weighted by atomic mass is 10.1. The Labute approximate surface area is 147 Å². The third-order valence-corrected chi connectivity index (χ3v) is 4.40. The second kappa shape index (κ2) is 6.67. The molecule has 4 rings (SSSR count). The van der Waals surface area contributed by atoms with Crippen LogP contribution in [0.2, 0.25) is 5.02 Å². The van der Waals surface area contributed by atoms with E-state index >= 15 is 0 Å². The van der Waals surface area contributed by atoms with Gasteiger partial charge in [-0.3, -0.25) is 0 Å². The molecule has 7 heteroatoms. The smallest absolute Gasteiger partial charge is 0.257 e. The van der Waals surface area contributed by atoms with Crippen molar-refractivity contribution in [2.24, 2.45) is 0 Å². The summed E-state index contributed by atoms with van der Waals surface area (Å²) < 4.78 is 10.9. The maximum absolute atomic E-state index is 5.98. The van der Waals surface area contributed by atoms with Gasteiger partial charge in [0.25, 0.3) is 5.22 Å². The van der Waals surface area contributed by atoms with Gasteiger partial charge in [-0.25, -0.2) is 4.98 Å². The normalized spacial score (nSPS) is 11.2. The van der Waals surface area contributed by atoms with Crippen molar-refractivity contribution < 1.29 is 8.94 Å². The van der Waals surface area contributed by atoms with Gasteiger partial charge in [0.15, 0.2) is 11.4 Å². The summed E-state index contributed by atoms with van der Waals surface area (Å²) in [6, 6.07) is 15.3. The van der Waals surface area contributed by atoms with E-state index in [1.165, 1.54) is 11.8 Å². The number of aromatic nitrogens is 3. The lowest BCUT2D eigenvalue weighted by Gasteiger charge is -1.96. The highest BCUT2D eigenvalue weighted by Crippen LogP contribution is 2.25. The highest BCUT2D eigenvalue weighted by Gasteiger charge is 2.11. The first-order valence-electron chi connectivity index (χ1n) is 7.30. The van der Waals surface area contributed by atoms with Crippen LogP contribution in [-0.4, -0.2) is 15.1 Å². The Kier molecular flexibility index (Phi) is 4.23. The van der Waals surface area contributed by atoms with Crippen LogP contribution in [-0.2, 0) is 12.2 Å². The average molecular weight is 358 g/mol. The van der Waals surface area contributed by atoms with Crippen molar-refractivity contribution in [3.63, 3.8) is 0 Å². The van der Waals surface area contributed by atoms with Crippen LogP contribution in [0.3, 0.4) is 0 Å². The lowest BCUT2D eigenvalue weighted by Crippen LogP contribution is -1.91. The number of nitrogens with zero attached hydrogens (tertiary/aromatic N) is 3. The van der Waals surface area contributed by atoms with Gasteiger partial charge in [-0.1, -0.05) is 52.8 Å². The zero-order valence-electron chi connectivity index (χ0n) is 12.5. The van der Waals surface area contributed by atoms with E-state index in [0.717, 1.165) is 16.7 Å². The Morgan fingerprint density at radius 3 is 2.83 bits per heavy atom. The average Bonchev–Trinajstić information content (AvgIpc) is 3.19. The third-order valence-electron chi connectivity index (χ3n) is 3.35. The molecule has 5 nitrogen and oxygen atoms in total. The molecule has 0 aliphatic heterocycles. The van der Waals surface area contributed by atoms with Gasteiger partial charge in [0.05, 0.1) is 5.75 Å². The van der Waals surface area contributed by atoms with Crippen molar-refractivity contribution in [1.29, 1.82) is 0 Å². The summed E-state index contributed by atoms with van der Waals surface area (Å²) in [5, 5.41) is 5.29. The van der Waals surface area contributed by atoms with Crippen LogP contribution in [0.15, 0.2) is 62.7 Å². The predicted octanol–water partition coefficient (Wildman–Crippen LogP) is 4.75. The SMILES string of the molecule is Clc1cccc(Cc2noc(CSc3nc4ccccc4o3)n2)c1. The number of benzene rings is 2. The maximum atomic E-state index is 5.98. The summed E-state index contributed by atoms with van der Waals surface area (Å²) in [5.41, 5.74) is 2.65. The molecule has 0 saturated carbocycles. The molecule has 0 spiro atoms. The molecular weight excluding hydrogens is 346 g/mol. The first-order valence-corrected chi connectivity index (χ1v) is 8.67. The Hall–Kier alpha value is -2.31. The van der Waals surface area contributed by atoms with E-state index in [4.69, 9.17) is 20.5 Å². The fraction of sp³-hybridized carbons (Fsp3) is 0.118. The molecule has 4 aromatic rings. The molecule has 0 saturated heterocycles. The number of thioether (sulfide) groups is 1. The van der Waals surface area contributed by atoms with E-state index in [1.54, 1.807) is 0 Å². The Balaban J connectivity index is 1.41. The molecule has 2 aromatic heterocycles. The van der Waals surface area contributed by atoms with Gasteiger partial charge in [0.2, 0.25) is 5.89 Å².